The number of halogens is 2. The number of carbonyl (C=O) groups is 1. The summed E-state index contributed by atoms with van der Waals surface area (Å²) in [4.78, 5) is 24.3. The molecule has 0 fully saturated rings. The van der Waals surface area contributed by atoms with Crippen LogP contribution in [0.5, 0.6) is 0 Å². The number of carboxylic acids is 1. The predicted octanol–water partition coefficient (Wildman–Crippen LogP) is 5.34. The summed E-state index contributed by atoms with van der Waals surface area (Å²) in [6.45, 7) is 9.52. The van der Waals surface area contributed by atoms with Crippen LogP contribution in [0.3, 0.4) is 0 Å². The summed E-state index contributed by atoms with van der Waals surface area (Å²) in [5.74, 6) is -3.37. The number of anilines is 1. The van der Waals surface area contributed by atoms with Gasteiger partial charge in [-0.15, -0.1) is 0 Å². The van der Waals surface area contributed by atoms with Crippen molar-refractivity contribution in [1.82, 2.24) is 19.5 Å². The van der Waals surface area contributed by atoms with E-state index < -0.39 is 23.1 Å². The minimum atomic E-state index is -1.37. The Balaban J connectivity index is 0.000000658. The Morgan fingerprint density at radius 2 is 1.64 bits per heavy atom. The summed E-state index contributed by atoms with van der Waals surface area (Å²) in [5, 5.41) is 9.58. The van der Waals surface area contributed by atoms with Gasteiger partial charge < -0.3 is 21.1 Å². The third-order valence-electron chi connectivity index (χ3n) is 5.32. The summed E-state index contributed by atoms with van der Waals surface area (Å²) in [5.41, 5.74) is 13.4. The first-order valence-corrected chi connectivity index (χ1v) is 11.1. The van der Waals surface area contributed by atoms with Gasteiger partial charge in [0, 0.05) is 34.8 Å². The topological polar surface area (TPSA) is 133 Å². The van der Waals surface area contributed by atoms with Gasteiger partial charge in [0.2, 0.25) is 5.95 Å². The fourth-order valence-corrected chi connectivity index (χ4v) is 3.52. The van der Waals surface area contributed by atoms with E-state index in [1.807, 2.05) is 57.4 Å². The van der Waals surface area contributed by atoms with Gasteiger partial charge in [-0.25, -0.2) is 28.5 Å². The maximum Gasteiger partial charge on any atom is 0.336 e. The third-order valence-corrected chi connectivity index (χ3v) is 5.32. The predicted molar refractivity (Wildman–Crippen MR) is 136 cm³/mol. The Bertz CT molecular complexity index is 1450. The van der Waals surface area contributed by atoms with Gasteiger partial charge in [0.15, 0.2) is 11.6 Å². The molecule has 0 bridgehead atoms. The van der Waals surface area contributed by atoms with Gasteiger partial charge in [-0.2, -0.15) is 0 Å². The first-order valence-electron chi connectivity index (χ1n) is 11.1. The monoisotopic (exact) mass is 494 g/mol. The minimum Gasteiger partial charge on any atom is -0.478 e. The lowest BCUT2D eigenvalue weighted by atomic mass is 10.0. The second kappa shape index (κ2) is 10.1. The molecule has 0 unspecified atom stereocenters. The number of nitrogens with zero attached hydrogens (tertiary/aromatic N) is 4. The standard InChI is InChI=1S/C22H19F2N5O2.C4H9N/c1-22(2,3)29-18-5-4-11(12-9-26-21(25)27-10-12)6-17(18)28-19(29)13-7-15(23)16(24)8-14(13)20(30)31;1-3-4(2)5/h4-10H,1-3H3,(H,30,31)(H2,25,26,27);3H,5H2,1-2H3/b;4-3+. The van der Waals surface area contributed by atoms with Crippen molar-refractivity contribution < 1.29 is 18.7 Å². The number of nitrogens with two attached hydrogens (primary N) is 2. The molecule has 5 N–H and O–H groups in total. The van der Waals surface area contributed by atoms with Gasteiger partial charge >= 0.3 is 5.97 Å². The highest BCUT2D eigenvalue weighted by atomic mass is 19.2. The second-order valence-electron chi connectivity index (χ2n) is 9.12. The molecule has 10 heteroatoms. The Morgan fingerprint density at radius 1 is 1.06 bits per heavy atom. The van der Waals surface area contributed by atoms with Crippen molar-refractivity contribution in [3.8, 4) is 22.5 Å². The molecule has 0 amide bonds. The quantitative estimate of drug-likeness (QED) is 0.350. The molecule has 0 radical (unpaired) electrons. The average molecular weight is 495 g/mol. The molecule has 2 aromatic carbocycles. The molecule has 0 spiro atoms. The lowest BCUT2D eigenvalue weighted by molar-refractivity contribution is 0.0697. The summed E-state index contributed by atoms with van der Waals surface area (Å²) >= 11 is 0. The van der Waals surface area contributed by atoms with Crippen LogP contribution >= 0.6 is 0 Å². The van der Waals surface area contributed by atoms with Crippen molar-refractivity contribution in [3.05, 3.63) is 71.7 Å². The molecule has 0 saturated carbocycles. The number of benzene rings is 2. The van der Waals surface area contributed by atoms with E-state index in [0.717, 1.165) is 22.9 Å². The van der Waals surface area contributed by atoms with Gasteiger partial charge in [0.25, 0.3) is 0 Å². The van der Waals surface area contributed by atoms with Crippen LogP contribution in [0.4, 0.5) is 14.7 Å². The van der Waals surface area contributed by atoms with E-state index in [-0.39, 0.29) is 22.9 Å². The van der Waals surface area contributed by atoms with Crippen molar-refractivity contribution in [3.63, 3.8) is 0 Å². The molecule has 4 rings (SSSR count). The Hall–Kier alpha value is -4.34. The zero-order valence-corrected chi connectivity index (χ0v) is 20.7. The normalized spacial score (nSPS) is 11.8. The highest BCUT2D eigenvalue weighted by Gasteiger charge is 2.27. The van der Waals surface area contributed by atoms with Crippen LogP contribution in [0.2, 0.25) is 0 Å². The summed E-state index contributed by atoms with van der Waals surface area (Å²) in [6.07, 6.45) is 5.03. The lowest BCUT2D eigenvalue weighted by Crippen LogP contribution is -2.23. The number of imidazole rings is 1. The van der Waals surface area contributed by atoms with Crippen molar-refractivity contribution in [1.29, 1.82) is 0 Å². The number of rotatable bonds is 3. The number of fused-ring (bicyclic) bond motifs is 1. The molecule has 0 atom stereocenters. The molecule has 0 aliphatic carbocycles. The number of aromatic nitrogens is 4. The number of hydrogen-bond acceptors (Lipinski definition) is 6. The molecule has 8 nitrogen and oxygen atoms in total. The third kappa shape index (κ3) is 5.48. The van der Waals surface area contributed by atoms with E-state index >= 15 is 0 Å². The first-order chi connectivity index (χ1) is 16.8. The SMILES string of the molecule is C/C=C(\C)N.CC(C)(C)n1c(-c2cc(F)c(F)cc2C(=O)O)nc2cc(-c3cnc(N)nc3)ccc21. The van der Waals surface area contributed by atoms with Gasteiger partial charge in [-0.1, -0.05) is 12.1 Å². The van der Waals surface area contributed by atoms with Crippen molar-refractivity contribution in [2.24, 2.45) is 5.73 Å². The van der Waals surface area contributed by atoms with E-state index in [9.17, 15) is 18.7 Å². The van der Waals surface area contributed by atoms with Crippen LogP contribution in [0, 0.1) is 11.6 Å². The number of aromatic carboxylic acids is 1. The van der Waals surface area contributed by atoms with E-state index in [0.29, 0.717) is 17.1 Å². The number of hydrogen-bond donors (Lipinski definition) is 3. The Labute approximate surface area is 207 Å². The molecule has 4 aromatic rings. The van der Waals surface area contributed by atoms with Gasteiger partial charge in [0.1, 0.15) is 5.82 Å². The van der Waals surface area contributed by atoms with Crippen LogP contribution in [-0.4, -0.2) is 30.6 Å². The molecular formula is C26H28F2N6O2. The number of nitrogen functional groups attached to an aromatic ring is 1. The fourth-order valence-electron chi connectivity index (χ4n) is 3.52. The minimum absolute atomic E-state index is 0.00473. The maximum atomic E-state index is 14.1. The van der Waals surface area contributed by atoms with E-state index in [1.165, 1.54) is 0 Å². The molecule has 2 heterocycles. The highest BCUT2D eigenvalue weighted by molar-refractivity contribution is 5.96. The average Bonchev–Trinajstić information content (AvgIpc) is 3.20. The smallest absolute Gasteiger partial charge is 0.336 e. The van der Waals surface area contributed by atoms with E-state index in [4.69, 9.17) is 11.5 Å². The fraction of sp³-hybridized carbons (Fsp3) is 0.231. The molecule has 0 saturated heterocycles. The summed E-state index contributed by atoms with van der Waals surface area (Å²) < 4.78 is 29.6. The zero-order chi connectivity index (χ0) is 26.8. The van der Waals surface area contributed by atoms with Crippen LogP contribution < -0.4 is 11.5 Å². The molecule has 2 aromatic heterocycles. The molecule has 188 valence electrons. The maximum absolute atomic E-state index is 14.1. The van der Waals surface area contributed by atoms with Crippen molar-refractivity contribution in [2.45, 2.75) is 40.2 Å². The van der Waals surface area contributed by atoms with Gasteiger partial charge in [-0.05, 0) is 64.4 Å². The van der Waals surface area contributed by atoms with Crippen molar-refractivity contribution in [2.75, 3.05) is 5.73 Å². The number of allylic oxidation sites excluding steroid dienone is 2. The summed E-state index contributed by atoms with van der Waals surface area (Å²) in [6, 6.07) is 7.04. The Morgan fingerprint density at radius 3 is 2.17 bits per heavy atom. The van der Waals surface area contributed by atoms with Gasteiger partial charge in [-0.3, -0.25) is 0 Å². The summed E-state index contributed by atoms with van der Waals surface area (Å²) in [7, 11) is 0. The molecule has 0 aliphatic rings. The van der Waals surface area contributed by atoms with Gasteiger partial charge in [0.05, 0.1) is 16.6 Å². The largest absolute Gasteiger partial charge is 0.478 e. The van der Waals surface area contributed by atoms with Crippen molar-refractivity contribution >= 4 is 23.0 Å². The molecule has 0 aliphatic heterocycles. The molecule has 36 heavy (non-hydrogen) atoms. The first kappa shape index (κ1) is 26.3. The van der Waals surface area contributed by atoms with Crippen LogP contribution in [0.15, 0.2) is 54.5 Å². The molecular weight excluding hydrogens is 466 g/mol. The highest BCUT2D eigenvalue weighted by Crippen LogP contribution is 2.35. The second-order valence-corrected chi connectivity index (χ2v) is 9.12. The van der Waals surface area contributed by atoms with E-state index in [2.05, 4.69) is 15.0 Å². The zero-order valence-electron chi connectivity index (χ0n) is 20.7. The van der Waals surface area contributed by atoms with Crippen LogP contribution in [0.1, 0.15) is 45.0 Å². The Kier molecular flexibility index (Phi) is 7.37. The van der Waals surface area contributed by atoms with E-state index in [1.54, 1.807) is 18.5 Å². The number of carboxylic acid groups (broad SMARTS) is 1. The van der Waals surface area contributed by atoms with Crippen LogP contribution in [0.25, 0.3) is 33.5 Å². The lowest BCUT2D eigenvalue weighted by Gasteiger charge is -2.25. The van der Waals surface area contributed by atoms with Crippen LogP contribution in [-0.2, 0) is 5.54 Å².